The molecule has 0 saturated heterocycles. The Kier molecular flexibility index (Phi) is 5.65. The van der Waals surface area contributed by atoms with Gasteiger partial charge < -0.3 is 10.1 Å². The molecule has 5 heteroatoms. The van der Waals surface area contributed by atoms with Gasteiger partial charge in [-0.3, -0.25) is 0 Å². The molecule has 1 N–H and O–H groups in total. The average molecular weight is 311 g/mol. The van der Waals surface area contributed by atoms with Crippen molar-refractivity contribution in [2.24, 2.45) is 5.92 Å². The van der Waals surface area contributed by atoms with Crippen LogP contribution in [0.25, 0.3) is 0 Å². The van der Waals surface area contributed by atoms with Crippen LogP contribution in [0.5, 0.6) is 5.75 Å². The number of ether oxygens (including phenoxy) is 1. The molecule has 0 amide bonds. The van der Waals surface area contributed by atoms with Crippen LogP contribution < -0.4 is 10.1 Å². The van der Waals surface area contributed by atoms with Crippen molar-refractivity contribution >= 4 is 9.84 Å². The van der Waals surface area contributed by atoms with Gasteiger partial charge in [-0.25, -0.2) is 8.42 Å². The summed E-state index contributed by atoms with van der Waals surface area (Å²) in [6.45, 7) is 3.73. The quantitative estimate of drug-likeness (QED) is 0.821. The highest BCUT2D eigenvalue weighted by molar-refractivity contribution is 7.90. The van der Waals surface area contributed by atoms with Crippen molar-refractivity contribution in [3.63, 3.8) is 0 Å². The van der Waals surface area contributed by atoms with E-state index in [9.17, 15) is 8.42 Å². The normalized spacial score (nSPS) is 23.0. The van der Waals surface area contributed by atoms with Crippen LogP contribution in [0.15, 0.2) is 29.2 Å². The standard InChI is InChI=1S/C16H25NO3S/c1-13-5-3-4-6-16(13)17-11-12-20-14-7-9-15(10-8-14)21(2,18)19/h7-10,13,16-17H,3-6,11-12H2,1-2H3. The van der Waals surface area contributed by atoms with Crippen molar-refractivity contribution in [1.82, 2.24) is 5.32 Å². The Morgan fingerprint density at radius 1 is 1.19 bits per heavy atom. The Bertz CT molecular complexity index is 539. The lowest BCUT2D eigenvalue weighted by Crippen LogP contribution is -2.39. The Labute approximate surface area is 127 Å². The minimum atomic E-state index is -3.13. The van der Waals surface area contributed by atoms with E-state index in [-0.39, 0.29) is 0 Å². The maximum Gasteiger partial charge on any atom is 0.175 e. The lowest BCUT2D eigenvalue weighted by molar-refractivity contribution is 0.251. The molecule has 2 rings (SSSR count). The number of hydrogen-bond acceptors (Lipinski definition) is 4. The first kappa shape index (κ1) is 16.3. The smallest absolute Gasteiger partial charge is 0.175 e. The van der Waals surface area contributed by atoms with Gasteiger partial charge in [-0.2, -0.15) is 0 Å². The fourth-order valence-corrected chi connectivity index (χ4v) is 3.45. The predicted molar refractivity (Wildman–Crippen MR) is 84.5 cm³/mol. The van der Waals surface area contributed by atoms with Crippen molar-refractivity contribution in [1.29, 1.82) is 0 Å². The lowest BCUT2D eigenvalue weighted by Gasteiger charge is -2.29. The first-order chi connectivity index (χ1) is 9.97. The first-order valence-corrected chi connectivity index (χ1v) is 9.52. The second kappa shape index (κ2) is 7.27. The highest BCUT2D eigenvalue weighted by Gasteiger charge is 2.20. The molecule has 0 heterocycles. The summed E-state index contributed by atoms with van der Waals surface area (Å²) < 4.78 is 28.4. The fraction of sp³-hybridized carbons (Fsp3) is 0.625. The van der Waals surface area contributed by atoms with Crippen molar-refractivity contribution in [2.75, 3.05) is 19.4 Å². The molecular formula is C16H25NO3S. The largest absolute Gasteiger partial charge is 0.492 e. The summed E-state index contributed by atoms with van der Waals surface area (Å²) >= 11 is 0. The minimum Gasteiger partial charge on any atom is -0.492 e. The van der Waals surface area contributed by atoms with E-state index < -0.39 is 9.84 Å². The third-order valence-corrected chi connectivity index (χ3v) is 5.27. The maximum atomic E-state index is 11.4. The molecule has 1 aliphatic carbocycles. The molecule has 1 aromatic carbocycles. The molecule has 118 valence electrons. The van der Waals surface area contributed by atoms with E-state index in [2.05, 4.69) is 12.2 Å². The zero-order valence-electron chi connectivity index (χ0n) is 12.8. The van der Waals surface area contributed by atoms with Crippen LogP contribution in [0.2, 0.25) is 0 Å². The number of sulfone groups is 1. The van der Waals surface area contributed by atoms with Crippen LogP contribution in [-0.4, -0.2) is 33.9 Å². The fourth-order valence-electron chi connectivity index (χ4n) is 2.82. The molecule has 0 aromatic heterocycles. The molecule has 1 aromatic rings. The van der Waals surface area contributed by atoms with Gasteiger partial charge in [0.25, 0.3) is 0 Å². The van der Waals surface area contributed by atoms with Gasteiger partial charge in [0.1, 0.15) is 12.4 Å². The van der Waals surface area contributed by atoms with Gasteiger partial charge in [0.05, 0.1) is 4.90 Å². The first-order valence-electron chi connectivity index (χ1n) is 7.63. The summed E-state index contributed by atoms with van der Waals surface area (Å²) in [5, 5.41) is 3.56. The maximum absolute atomic E-state index is 11.4. The van der Waals surface area contributed by atoms with E-state index in [4.69, 9.17) is 4.74 Å². The average Bonchev–Trinajstić information content (AvgIpc) is 2.45. The molecule has 2 unspecified atom stereocenters. The van der Waals surface area contributed by atoms with Crippen LogP contribution >= 0.6 is 0 Å². The summed E-state index contributed by atoms with van der Waals surface area (Å²) in [7, 11) is -3.13. The van der Waals surface area contributed by atoms with Gasteiger partial charge in [0.15, 0.2) is 9.84 Å². The Hall–Kier alpha value is -1.07. The molecule has 0 bridgehead atoms. The van der Waals surface area contributed by atoms with Crippen LogP contribution in [0, 0.1) is 5.92 Å². The van der Waals surface area contributed by atoms with E-state index >= 15 is 0 Å². The third-order valence-electron chi connectivity index (χ3n) is 4.14. The van der Waals surface area contributed by atoms with Crippen molar-refractivity contribution < 1.29 is 13.2 Å². The van der Waals surface area contributed by atoms with Gasteiger partial charge in [0, 0.05) is 18.8 Å². The van der Waals surface area contributed by atoms with Gasteiger partial charge in [-0.05, 0) is 43.0 Å². The van der Waals surface area contributed by atoms with Gasteiger partial charge in [-0.1, -0.05) is 19.8 Å². The molecule has 4 nitrogen and oxygen atoms in total. The topological polar surface area (TPSA) is 55.4 Å². The molecule has 0 radical (unpaired) electrons. The van der Waals surface area contributed by atoms with E-state index in [1.54, 1.807) is 24.3 Å². The van der Waals surface area contributed by atoms with Crippen LogP contribution in [-0.2, 0) is 9.84 Å². The van der Waals surface area contributed by atoms with E-state index in [0.717, 1.165) is 12.5 Å². The monoisotopic (exact) mass is 311 g/mol. The van der Waals surface area contributed by atoms with Gasteiger partial charge in [-0.15, -0.1) is 0 Å². The van der Waals surface area contributed by atoms with Crippen molar-refractivity contribution in [3.05, 3.63) is 24.3 Å². The number of rotatable bonds is 6. The summed E-state index contributed by atoms with van der Waals surface area (Å²) in [5.41, 5.74) is 0. The molecule has 1 aliphatic rings. The number of hydrogen-bond donors (Lipinski definition) is 1. The van der Waals surface area contributed by atoms with Crippen LogP contribution in [0.1, 0.15) is 32.6 Å². The summed E-state index contributed by atoms with van der Waals surface area (Å²) in [5.74, 6) is 1.45. The van der Waals surface area contributed by atoms with Crippen LogP contribution in [0.4, 0.5) is 0 Å². The Balaban J connectivity index is 1.73. The van der Waals surface area contributed by atoms with Gasteiger partial charge >= 0.3 is 0 Å². The summed E-state index contributed by atoms with van der Waals surface area (Å²) in [6, 6.07) is 7.19. The second-order valence-electron chi connectivity index (χ2n) is 5.91. The number of benzene rings is 1. The predicted octanol–water partition coefficient (Wildman–Crippen LogP) is 2.64. The van der Waals surface area contributed by atoms with E-state index in [1.165, 1.54) is 31.9 Å². The third kappa shape index (κ3) is 5.00. The molecule has 0 aliphatic heterocycles. The zero-order valence-corrected chi connectivity index (χ0v) is 13.7. The lowest BCUT2D eigenvalue weighted by atomic mass is 9.86. The Morgan fingerprint density at radius 3 is 2.48 bits per heavy atom. The highest BCUT2D eigenvalue weighted by Crippen LogP contribution is 2.23. The molecule has 0 spiro atoms. The minimum absolute atomic E-state index is 0.323. The second-order valence-corrected chi connectivity index (χ2v) is 7.93. The number of nitrogens with one attached hydrogen (secondary N) is 1. The van der Waals surface area contributed by atoms with E-state index in [1.807, 2.05) is 0 Å². The molecule has 2 atom stereocenters. The van der Waals surface area contributed by atoms with Crippen LogP contribution in [0.3, 0.4) is 0 Å². The molecule has 21 heavy (non-hydrogen) atoms. The summed E-state index contributed by atoms with van der Waals surface area (Å²) in [4.78, 5) is 0.323. The van der Waals surface area contributed by atoms with Gasteiger partial charge in [0.2, 0.25) is 0 Å². The van der Waals surface area contributed by atoms with E-state index in [0.29, 0.717) is 23.3 Å². The molecular weight excluding hydrogens is 286 g/mol. The molecule has 1 fully saturated rings. The highest BCUT2D eigenvalue weighted by atomic mass is 32.2. The van der Waals surface area contributed by atoms with Crippen molar-refractivity contribution in [3.8, 4) is 5.75 Å². The SMILES string of the molecule is CC1CCCCC1NCCOc1ccc(S(C)(=O)=O)cc1. The van der Waals surface area contributed by atoms with Crippen molar-refractivity contribution in [2.45, 2.75) is 43.5 Å². The Morgan fingerprint density at radius 2 is 1.86 bits per heavy atom. The summed E-state index contributed by atoms with van der Waals surface area (Å²) in [6.07, 6.45) is 6.44. The molecule has 1 saturated carbocycles. The zero-order chi connectivity index (χ0) is 15.3.